The van der Waals surface area contributed by atoms with E-state index in [1.165, 1.54) is 4.31 Å². The van der Waals surface area contributed by atoms with Crippen molar-refractivity contribution in [1.82, 2.24) is 14.2 Å². The van der Waals surface area contributed by atoms with Crippen LogP contribution in [0, 0.1) is 0 Å². The quantitative estimate of drug-likeness (QED) is 0.770. The molecule has 0 atom stereocenters. The number of carbonyl (C=O) groups is 1. The molecule has 4 rings (SSSR count). The molecule has 26 heavy (non-hydrogen) atoms. The van der Waals surface area contributed by atoms with Gasteiger partial charge in [-0.3, -0.25) is 4.79 Å². The summed E-state index contributed by atoms with van der Waals surface area (Å²) >= 11 is 0. The molecule has 1 N–H and O–H groups in total. The number of aromatic nitrogens is 1. The molecule has 2 aromatic carbocycles. The molecule has 1 amide bonds. The van der Waals surface area contributed by atoms with E-state index < -0.39 is 10.0 Å². The number of aromatic amines is 1. The number of fused-ring (bicyclic) bond motifs is 1. The maximum atomic E-state index is 12.8. The number of carbonyl (C=O) groups excluding carboxylic acids is 1. The minimum Gasteiger partial charge on any atom is -0.360 e. The lowest BCUT2D eigenvalue weighted by Crippen LogP contribution is -2.50. The molecule has 7 heteroatoms. The van der Waals surface area contributed by atoms with Gasteiger partial charge in [0.05, 0.1) is 10.5 Å². The van der Waals surface area contributed by atoms with Crippen molar-refractivity contribution in [2.45, 2.75) is 4.90 Å². The van der Waals surface area contributed by atoms with Crippen molar-refractivity contribution in [3.8, 4) is 0 Å². The fraction of sp³-hybridized carbons (Fsp3) is 0.211. The molecule has 0 spiro atoms. The van der Waals surface area contributed by atoms with Gasteiger partial charge < -0.3 is 9.88 Å². The molecule has 1 saturated heterocycles. The molecule has 1 aliphatic heterocycles. The van der Waals surface area contributed by atoms with Gasteiger partial charge in [-0.25, -0.2) is 8.42 Å². The van der Waals surface area contributed by atoms with Gasteiger partial charge >= 0.3 is 0 Å². The highest BCUT2D eigenvalue weighted by atomic mass is 32.2. The van der Waals surface area contributed by atoms with E-state index in [0.717, 1.165) is 10.9 Å². The zero-order valence-corrected chi connectivity index (χ0v) is 14.9. The molecule has 0 aliphatic carbocycles. The van der Waals surface area contributed by atoms with Crippen molar-refractivity contribution in [2.75, 3.05) is 26.2 Å². The predicted molar refractivity (Wildman–Crippen MR) is 99.4 cm³/mol. The average molecular weight is 369 g/mol. The van der Waals surface area contributed by atoms with E-state index in [1.807, 2.05) is 24.3 Å². The third-order valence-corrected chi connectivity index (χ3v) is 6.64. The Morgan fingerprint density at radius 2 is 1.54 bits per heavy atom. The fourth-order valence-corrected chi connectivity index (χ4v) is 4.74. The molecule has 0 saturated carbocycles. The summed E-state index contributed by atoms with van der Waals surface area (Å²) in [4.78, 5) is 18.0. The number of piperazine rings is 1. The zero-order valence-electron chi connectivity index (χ0n) is 14.1. The second-order valence-electron chi connectivity index (χ2n) is 6.26. The zero-order chi connectivity index (χ0) is 18.1. The molecule has 2 heterocycles. The van der Waals surface area contributed by atoms with Crippen LogP contribution in [0.25, 0.3) is 10.9 Å². The van der Waals surface area contributed by atoms with E-state index in [4.69, 9.17) is 0 Å². The lowest BCUT2D eigenvalue weighted by Gasteiger charge is -2.34. The number of rotatable bonds is 3. The van der Waals surface area contributed by atoms with E-state index in [9.17, 15) is 13.2 Å². The Labute approximate surface area is 152 Å². The van der Waals surface area contributed by atoms with Gasteiger partial charge in [0.25, 0.3) is 5.91 Å². The summed E-state index contributed by atoms with van der Waals surface area (Å²) < 4.78 is 26.8. The average Bonchev–Trinajstić information content (AvgIpc) is 3.12. The third kappa shape index (κ3) is 2.89. The highest BCUT2D eigenvalue weighted by molar-refractivity contribution is 7.89. The summed E-state index contributed by atoms with van der Waals surface area (Å²) in [6, 6.07) is 16.1. The summed E-state index contributed by atoms with van der Waals surface area (Å²) in [6.45, 7) is 1.35. The number of benzene rings is 2. The van der Waals surface area contributed by atoms with Gasteiger partial charge in [-0.1, -0.05) is 36.4 Å². The van der Waals surface area contributed by atoms with E-state index in [1.54, 1.807) is 41.4 Å². The number of amides is 1. The van der Waals surface area contributed by atoms with Crippen LogP contribution in [0.4, 0.5) is 0 Å². The summed E-state index contributed by atoms with van der Waals surface area (Å²) in [5.74, 6) is -0.0702. The van der Waals surface area contributed by atoms with E-state index in [2.05, 4.69) is 4.98 Å². The highest BCUT2D eigenvalue weighted by Crippen LogP contribution is 2.22. The molecule has 1 aliphatic rings. The Morgan fingerprint density at radius 3 is 2.27 bits per heavy atom. The second kappa shape index (κ2) is 6.59. The molecule has 0 bridgehead atoms. The molecular formula is C19H19N3O3S. The van der Waals surface area contributed by atoms with Gasteiger partial charge in [0.2, 0.25) is 10.0 Å². The maximum absolute atomic E-state index is 12.8. The maximum Gasteiger partial charge on any atom is 0.256 e. The topological polar surface area (TPSA) is 73.5 Å². The van der Waals surface area contributed by atoms with E-state index in [0.29, 0.717) is 31.7 Å². The first-order valence-corrected chi connectivity index (χ1v) is 9.92. The third-order valence-electron chi connectivity index (χ3n) is 4.73. The number of nitrogens with zero attached hydrogens (tertiary/aromatic N) is 2. The van der Waals surface area contributed by atoms with Crippen molar-refractivity contribution in [2.24, 2.45) is 0 Å². The van der Waals surface area contributed by atoms with Gasteiger partial charge in [-0.05, 0) is 18.2 Å². The van der Waals surface area contributed by atoms with Crippen molar-refractivity contribution in [1.29, 1.82) is 0 Å². The number of hydrogen-bond acceptors (Lipinski definition) is 3. The van der Waals surface area contributed by atoms with E-state index >= 15 is 0 Å². The molecule has 0 radical (unpaired) electrons. The lowest BCUT2D eigenvalue weighted by molar-refractivity contribution is 0.0700. The molecule has 134 valence electrons. The Kier molecular flexibility index (Phi) is 4.26. The normalized spacial score (nSPS) is 16.1. The molecule has 1 aromatic heterocycles. The smallest absolute Gasteiger partial charge is 0.256 e. The van der Waals surface area contributed by atoms with Gasteiger partial charge in [-0.15, -0.1) is 0 Å². The van der Waals surface area contributed by atoms with E-state index in [-0.39, 0.29) is 10.8 Å². The van der Waals surface area contributed by atoms with Crippen LogP contribution < -0.4 is 0 Å². The van der Waals surface area contributed by atoms with Gasteiger partial charge in [0.15, 0.2) is 0 Å². The minimum absolute atomic E-state index is 0.0702. The monoisotopic (exact) mass is 369 g/mol. The van der Waals surface area contributed by atoms with Crippen LogP contribution in [0.15, 0.2) is 65.7 Å². The summed E-state index contributed by atoms with van der Waals surface area (Å²) in [5, 5.41) is 0.886. The molecular weight excluding hydrogens is 350 g/mol. The Morgan fingerprint density at radius 1 is 0.885 bits per heavy atom. The SMILES string of the molecule is O=C(c1c[nH]c2ccccc12)N1CCN(S(=O)(=O)c2ccccc2)CC1. The van der Waals surface area contributed by atoms with Crippen molar-refractivity contribution in [3.63, 3.8) is 0 Å². The van der Waals surface area contributed by atoms with Gasteiger partial charge in [-0.2, -0.15) is 4.31 Å². The van der Waals surface area contributed by atoms with Crippen LogP contribution in [0.3, 0.4) is 0 Å². The molecule has 1 fully saturated rings. The number of para-hydroxylation sites is 1. The summed E-state index contributed by atoms with van der Waals surface area (Å²) in [6.07, 6.45) is 1.72. The fourth-order valence-electron chi connectivity index (χ4n) is 3.29. The van der Waals surface area contributed by atoms with Crippen LogP contribution in [0.1, 0.15) is 10.4 Å². The number of H-pyrrole nitrogens is 1. The van der Waals surface area contributed by atoms with Crippen molar-refractivity contribution < 1.29 is 13.2 Å². The Balaban J connectivity index is 1.49. The summed E-state index contributed by atoms with van der Waals surface area (Å²) in [5.41, 5.74) is 1.54. The first kappa shape index (κ1) is 16.8. The van der Waals surface area contributed by atoms with Crippen LogP contribution in [0.5, 0.6) is 0 Å². The first-order valence-electron chi connectivity index (χ1n) is 8.48. The number of sulfonamides is 1. The highest BCUT2D eigenvalue weighted by Gasteiger charge is 2.30. The lowest BCUT2D eigenvalue weighted by atomic mass is 10.1. The van der Waals surface area contributed by atoms with Crippen LogP contribution in [-0.2, 0) is 10.0 Å². The predicted octanol–water partition coefficient (Wildman–Crippen LogP) is 2.31. The Hall–Kier alpha value is -2.64. The Bertz CT molecular complexity index is 1040. The van der Waals surface area contributed by atoms with Crippen LogP contribution >= 0.6 is 0 Å². The molecule has 0 unspecified atom stereocenters. The van der Waals surface area contributed by atoms with Gasteiger partial charge in [0, 0.05) is 43.3 Å². The standard InChI is InChI=1S/C19H19N3O3S/c23-19(17-14-20-18-9-5-4-8-16(17)18)21-10-12-22(13-11-21)26(24,25)15-6-2-1-3-7-15/h1-9,14,20H,10-13H2. The minimum atomic E-state index is -3.51. The summed E-state index contributed by atoms with van der Waals surface area (Å²) in [7, 11) is -3.51. The van der Waals surface area contributed by atoms with Crippen LogP contribution in [0.2, 0.25) is 0 Å². The second-order valence-corrected chi connectivity index (χ2v) is 8.20. The molecule has 6 nitrogen and oxygen atoms in total. The molecule has 3 aromatic rings. The largest absolute Gasteiger partial charge is 0.360 e. The number of nitrogens with one attached hydrogen (secondary N) is 1. The van der Waals surface area contributed by atoms with Gasteiger partial charge in [0.1, 0.15) is 0 Å². The van der Waals surface area contributed by atoms with Crippen molar-refractivity contribution in [3.05, 3.63) is 66.4 Å². The van der Waals surface area contributed by atoms with Crippen LogP contribution in [-0.4, -0.2) is 54.7 Å². The number of hydrogen-bond donors (Lipinski definition) is 1. The van der Waals surface area contributed by atoms with Crippen molar-refractivity contribution >= 4 is 26.8 Å². The first-order chi connectivity index (χ1) is 12.6.